The van der Waals surface area contributed by atoms with Gasteiger partial charge in [-0.25, -0.2) is 8.42 Å². The van der Waals surface area contributed by atoms with Gasteiger partial charge in [0.25, 0.3) is 5.91 Å². The Morgan fingerprint density at radius 1 is 1.04 bits per heavy atom. The van der Waals surface area contributed by atoms with Gasteiger partial charge in [0.1, 0.15) is 0 Å². The van der Waals surface area contributed by atoms with E-state index in [4.69, 9.17) is 0 Å². The molecule has 1 aliphatic heterocycles. The minimum absolute atomic E-state index is 0.251. The van der Waals surface area contributed by atoms with Crippen molar-refractivity contribution < 1.29 is 13.2 Å². The van der Waals surface area contributed by atoms with E-state index in [2.05, 4.69) is 26.2 Å². The number of halogens is 1. The van der Waals surface area contributed by atoms with Gasteiger partial charge >= 0.3 is 0 Å². The minimum atomic E-state index is -3.48. The molecule has 1 aromatic heterocycles. The van der Waals surface area contributed by atoms with Crippen molar-refractivity contribution in [3.05, 3.63) is 52.8 Å². The van der Waals surface area contributed by atoms with Gasteiger partial charge in [0, 0.05) is 35.6 Å². The summed E-state index contributed by atoms with van der Waals surface area (Å²) in [7, 11) is -3.48. The number of nitrogens with zero attached hydrogens (tertiary/aromatic N) is 2. The molecular weight excluding hydrogens is 418 g/mol. The molecule has 138 valence electrons. The number of hydrogen-bond donors (Lipinski definition) is 1. The third-order valence-corrected chi connectivity index (χ3v) is 6.63. The zero-order chi connectivity index (χ0) is 18.6. The van der Waals surface area contributed by atoms with E-state index in [1.165, 1.54) is 18.3 Å². The Morgan fingerprint density at radius 3 is 2.31 bits per heavy atom. The van der Waals surface area contributed by atoms with E-state index in [9.17, 15) is 13.2 Å². The fraction of sp³-hybridized carbons (Fsp3) is 0.333. The second-order valence-corrected chi connectivity index (χ2v) is 9.04. The summed E-state index contributed by atoms with van der Waals surface area (Å²) < 4.78 is 27.8. The number of anilines is 1. The van der Waals surface area contributed by atoms with Crippen molar-refractivity contribution in [2.75, 3.05) is 18.4 Å². The Balaban J connectivity index is 1.72. The maximum atomic E-state index is 12.8. The van der Waals surface area contributed by atoms with Crippen molar-refractivity contribution in [1.82, 2.24) is 9.29 Å². The van der Waals surface area contributed by atoms with E-state index in [0.717, 1.165) is 25.7 Å². The second-order valence-electron chi connectivity index (χ2n) is 6.19. The van der Waals surface area contributed by atoms with Crippen molar-refractivity contribution in [2.45, 2.75) is 30.6 Å². The molecule has 3 rings (SSSR count). The normalized spacial score (nSPS) is 16.0. The summed E-state index contributed by atoms with van der Waals surface area (Å²) in [6.07, 6.45) is 7.00. The first-order chi connectivity index (χ1) is 12.5. The lowest BCUT2D eigenvalue weighted by molar-refractivity contribution is 0.102. The number of sulfonamides is 1. The smallest absolute Gasteiger partial charge is 0.257 e. The highest BCUT2D eigenvalue weighted by molar-refractivity contribution is 9.10. The van der Waals surface area contributed by atoms with Crippen LogP contribution >= 0.6 is 15.9 Å². The van der Waals surface area contributed by atoms with Crippen molar-refractivity contribution in [2.24, 2.45) is 0 Å². The topological polar surface area (TPSA) is 79.4 Å². The highest BCUT2D eigenvalue weighted by Crippen LogP contribution is 2.22. The van der Waals surface area contributed by atoms with Crippen LogP contribution in [0.3, 0.4) is 0 Å². The number of aromatic nitrogens is 1. The number of pyridine rings is 1. The lowest BCUT2D eigenvalue weighted by Crippen LogP contribution is -2.31. The highest BCUT2D eigenvalue weighted by Gasteiger charge is 2.25. The molecule has 1 fully saturated rings. The van der Waals surface area contributed by atoms with Gasteiger partial charge in [-0.3, -0.25) is 9.78 Å². The van der Waals surface area contributed by atoms with Crippen LogP contribution in [0.1, 0.15) is 36.0 Å². The Kier molecular flexibility index (Phi) is 6.05. The summed E-state index contributed by atoms with van der Waals surface area (Å²) in [5.74, 6) is -0.304. The molecule has 0 saturated carbocycles. The van der Waals surface area contributed by atoms with Gasteiger partial charge in [0.05, 0.1) is 10.5 Å². The van der Waals surface area contributed by atoms with Crippen molar-refractivity contribution in [3.63, 3.8) is 0 Å². The molecule has 2 aromatic rings. The molecule has 0 spiro atoms. The molecule has 0 unspecified atom stereocenters. The molecule has 6 nitrogen and oxygen atoms in total. The van der Waals surface area contributed by atoms with Crippen molar-refractivity contribution in [3.8, 4) is 0 Å². The number of nitrogens with one attached hydrogen (secondary N) is 1. The molecule has 0 radical (unpaired) electrons. The maximum absolute atomic E-state index is 12.8. The standard InChI is InChI=1S/C18H20BrN3O3S/c19-15-11-14(12-20-13-15)18(23)21-16-5-7-17(8-6-16)26(24,25)22-9-3-1-2-4-10-22/h5-8,11-13H,1-4,9-10H2,(H,21,23). The fourth-order valence-corrected chi connectivity index (χ4v) is 4.76. The third kappa shape index (κ3) is 4.49. The minimum Gasteiger partial charge on any atom is -0.322 e. The van der Waals surface area contributed by atoms with Gasteiger partial charge in [0.15, 0.2) is 0 Å². The third-order valence-electron chi connectivity index (χ3n) is 4.28. The van der Waals surface area contributed by atoms with Crippen LogP contribution in [-0.2, 0) is 10.0 Å². The molecule has 1 saturated heterocycles. The predicted octanol–water partition coefficient (Wildman–Crippen LogP) is 3.66. The predicted molar refractivity (Wildman–Crippen MR) is 104 cm³/mol. The number of benzene rings is 1. The molecule has 1 aromatic carbocycles. The summed E-state index contributed by atoms with van der Waals surface area (Å²) in [6, 6.07) is 7.95. The second kappa shape index (κ2) is 8.28. The Labute approximate surface area is 161 Å². The van der Waals surface area contributed by atoms with Gasteiger partial charge in [-0.2, -0.15) is 4.31 Å². The molecule has 26 heavy (non-hydrogen) atoms. The summed E-state index contributed by atoms with van der Waals surface area (Å²) in [5, 5.41) is 2.75. The highest BCUT2D eigenvalue weighted by atomic mass is 79.9. The Bertz CT molecular complexity index is 877. The first-order valence-corrected chi connectivity index (χ1v) is 10.7. The van der Waals surface area contributed by atoms with Crippen molar-refractivity contribution in [1.29, 1.82) is 0 Å². The van der Waals surface area contributed by atoms with Crippen LogP contribution in [0.15, 0.2) is 52.1 Å². The average Bonchev–Trinajstić information content (AvgIpc) is 2.92. The molecule has 0 bridgehead atoms. The van der Waals surface area contributed by atoms with E-state index in [1.807, 2.05) is 0 Å². The van der Waals surface area contributed by atoms with Crippen LogP contribution < -0.4 is 5.32 Å². The number of amides is 1. The fourth-order valence-electron chi connectivity index (χ4n) is 2.88. The molecule has 8 heteroatoms. The Morgan fingerprint density at radius 2 is 1.69 bits per heavy atom. The summed E-state index contributed by atoms with van der Waals surface area (Å²) in [5.41, 5.74) is 0.949. The van der Waals surface area contributed by atoms with Crippen LogP contribution in [0.25, 0.3) is 0 Å². The van der Waals surface area contributed by atoms with Crippen LogP contribution in [0, 0.1) is 0 Å². The van der Waals surface area contributed by atoms with Crippen LogP contribution in [0.5, 0.6) is 0 Å². The lowest BCUT2D eigenvalue weighted by Gasteiger charge is -2.20. The van der Waals surface area contributed by atoms with Gasteiger partial charge < -0.3 is 5.32 Å². The van der Waals surface area contributed by atoms with Crippen LogP contribution in [0.2, 0.25) is 0 Å². The van der Waals surface area contributed by atoms with E-state index < -0.39 is 10.0 Å². The molecule has 0 aliphatic carbocycles. The zero-order valence-electron chi connectivity index (χ0n) is 14.2. The summed E-state index contributed by atoms with van der Waals surface area (Å²) >= 11 is 3.28. The molecule has 1 amide bonds. The first kappa shape index (κ1) is 19.0. The Hall–Kier alpha value is -1.77. The molecule has 2 heterocycles. The number of rotatable bonds is 4. The van der Waals surface area contributed by atoms with E-state index in [-0.39, 0.29) is 10.8 Å². The number of hydrogen-bond acceptors (Lipinski definition) is 4. The largest absolute Gasteiger partial charge is 0.322 e. The van der Waals surface area contributed by atoms with Gasteiger partial charge in [-0.05, 0) is 59.1 Å². The molecule has 1 N–H and O–H groups in total. The van der Waals surface area contributed by atoms with Crippen molar-refractivity contribution >= 4 is 37.5 Å². The number of carbonyl (C=O) groups excluding carboxylic acids is 1. The first-order valence-electron chi connectivity index (χ1n) is 8.49. The van der Waals surface area contributed by atoms with Gasteiger partial charge in [0.2, 0.25) is 10.0 Å². The monoisotopic (exact) mass is 437 g/mol. The van der Waals surface area contributed by atoms with Crippen LogP contribution in [-0.4, -0.2) is 36.7 Å². The van der Waals surface area contributed by atoms with E-state index >= 15 is 0 Å². The number of carbonyl (C=O) groups is 1. The summed E-state index contributed by atoms with van der Waals surface area (Å²) in [4.78, 5) is 16.4. The van der Waals surface area contributed by atoms with Crippen LogP contribution in [0.4, 0.5) is 5.69 Å². The summed E-state index contributed by atoms with van der Waals surface area (Å²) in [6.45, 7) is 1.13. The zero-order valence-corrected chi connectivity index (χ0v) is 16.6. The average molecular weight is 438 g/mol. The van der Waals surface area contributed by atoms with Gasteiger partial charge in [-0.15, -0.1) is 0 Å². The van der Waals surface area contributed by atoms with Gasteiger partial charge in [-0.1, -0.05) is 12.8 Å². The maximum Gasteiger partial charge on any atom is 0.257 e. The quantitative estimate of drug-likeness (QED) is 0.790. The molecule has 1 aliphatic rings. The van der Waals surface area contributed by atoms with E-state index in [1.54, 1.807) is 28.7 Å². The lowest BCUT2D eigenvalue weighted by atomic mass is 10.2. The molecule has 0 atom stereocenters. The SMILES string of the molecule is O=C(Nc1ccc(S(=O)(=O)N2CCCCCC2)cc1)c1cncc(Br)c1. The molecular formula is C18H20BrN3O3S. The van der Waals surface area contributed by atoms with E-state index in [0.29, 0.717) is 28.8 Å².